The van der Waals surface area contributed by atoms with Gasteiger partial charge in [0, 0.05) is 50.9 Å². The van der Waals surface area contributed by atoms with Gasteiger partial charge in [0.2, 0.25) is 0 Å². The van der Waals surface area contributed by atoms with Gasteiger partial charge in [-0.25, -0.2) is 4.98 Å². The van der Waals surface area contributed by atoms with E-state index in [0.29, 0.717) is 6.54 Å². The largest absolute Gasteiger partial charge is 0.309 e. The van der Waals surface area contributed by atoms with Crippen LogP contribution in [0.25, 0.3) is 0 Å². The predicted octanol–water partition coefficient (Wildman–Crippen LogP) is 0.330. The molecule has 21 heavy (non-hydrogen) atoms. The molecule has 0 radical (unpaired) electrons. The second-order valence-corrected chi connectivity index (χ2v) is 7.08. The minimum atomic E-state index is -0.0524. The molecule has 6 heteroatoms. The summed E-state index contributed by atoms with van der Waals surface area (Å²) in [6.45, 7) is 12.3. The number of aromatic amines is 1. The van der Waals surface area contributed by atoms with Gasteiger partial charge in [-0.15, -0.1) is 0 Å². The third kappa shape index (κ3) is 3.51. The maximum absolute atomic E-state index is 11.9. The monoisotopic (exact) mass is 291 g/mol. The number of fused-ring (bicyclic) bond motifs is 3. The summed E-state index contributed by atoms with van der Waals surface area (Å²) < 4.78 is 0. The summed E-state index contributed by atoms with van der Waals surface area (Å²) in [5.41, 5.74) is 0.786. The van der Waals surface area contributed by atoms with E-state index in [0.717, 1.165) is 44.2 Å². The Labute approximate surface area is 125 Å². The second-order valence-electron chi connectivity index (χ2n) is 7.08. The molecule has 4 heterocycles. The highest BCUT2D eigenvalue weighted by molar-refractivity contribution is 5.08. The molecule has 0 amide bonds. The molecule has 1 atom stereocenters. The van der Waals surface area contributed by atoms with E-state index in [4.69, 9.17) is 4.98 Å². The van der Waals surface area contributed by atoms with Crippen molar-refractivity contribution in [1.29, 1.82) is 0 Å². The Bertz CT molecular complexity index is 554. The minimum absolute atomic E-state index is 0.0174. The van der Waals surface area contributed by atoms with Crippen LogP contribution in [0.5, 0.6) is 0 Å². The van der Waals surface area contributed by atoms with Gasteiger partial charge in [-0.05, 0) is 20.8 Å². The van der Waals surface area contributed by atoms with Gasteiger partial charge in [0.25, 0.3) is 5.56 Å². The molecule has 0 aromatic carbocycles. The number of hydrogen-bond donors (Lipinski definition) is 2. The van der Waals surface area contributed by atoms with E-state index in [1.807, 2.05) is 0 Å². The van der Waals surface area contributed by atoms with Crippen molar-refractivity contribution in [2.45, 2.75) is 38.9 Å². The number of H-pyrrole nitrogens is 1. The van der Waals surface area contributed by atoms with Crippen LogP contribution in [0.4, 0.5) is 0 Å². The molecule has 3 fully saturated rings. The van der Waals surface area contributed by atoms with E-state index in [1.54, 1.807) is 6.07 Å². The Morgan fingerprint density at radius 3 is 2.62 bits per heavy atom. The summed E-state index contributed by atoms with van der Waals surface area (Å²) in [7, 11) is 0. The first-order valence-electron chi connectivity index (χ1n) is 7.72. The number of hydrogen-bond acceptors (Lipinski definition) is 5. The Balaban J connectivity index is 1.79. The first-order chi connectivity index (χ1) is 9.90. The maximum atomic E-state index is 11.9. The Morgan fingerprint density at radius 2 is 2.05 bits per heavy atom. The second kappa shape index (κ2) is 5.51. The van der Waals surface area contributed by atoms with Crippen molar-refractivity contribution < 1.29 is 0 Å². The molecule has 1 unspecified atom stereocenters. The van der Waals surface area contributed by atoms with Crippen LogP contribution in [0.15, 0.2) is 10.9 Å². The third-order valence-corrected chi connectivity index (χ3v) is 4.21. The van der Waals surface area contributed by atoms with Gasteiger partial charge in [-0.2, -0.15) is 0 Å². The van der Waals surface area contributed by atoms with E-state index in [-0.39, 0.29) is 17.1 Å². The van der Waals surface area contributed by atoms with Crippen molar-refractivity contribution in [3.8, 4) is 0 Å². The standard InChI is InChI=1S/C15H25N5O/c1-15(2,3)16-9-11-8-13(21)18-14(17-11)12-10-19-4-6-20(12)7-5-19/h8,12,16H,4-7,9-10H2,1-3H3,(H,17,18,21). The van der Waals surface area contributed by atoms with Crippen LogP contribution in [0.1, 0.15) is 38.3 Å². The first kappa shape index (κ1) is 14.7. The zero-order valence-corrected chi connectivity index (χ0v) is 13.1. The third-order valence-electron chi connectivity index (χ3n) is 4.21. The molecule has 3 aliphatic heterocycles. The molecule has 3 saturated heterocycles. The normalized spacial score (nSPS) is 28.8. The fourth-order valence-corrected chi connectivity index (χ4v) is 3.01. The highest BCUT2D eigenvalue weighted by Gasteiger charge is 2.34. The van der Waals surface area contributed by atoms with Crippen molar-refractivity contribution in [2.75, 3.05) is 32.7 Å². The van der Waals surface area contributed by atoms with Crippen LogP contribution in [0.2, 0.25) is 0 Å². The topological polar surface area (TPSA) is 64.3 Å². The molecule has 3 aliphatic rings. The summed E-state index contributed by atoms with van der Waals surface area (Å²) >= 11 is 0. The molecule has 2 N–H and O–H groups in total. The van der Waals surface area contributed by atoms with Gasteiger partial charge in [-0.3, -0.25) is 14.6 Å². The number of nitrogens with zero attached hydrogens (tertiary/aromatic N) is 3. The zero-order valence-electron chi connectivity index (χ0n) is 13.1. The highest BCUT2D eigenvalue weighted by Crippen LogP contribution is 2.26. The molecule has 0 spiro atoms. The van der Waals surface area contributed by atoms with Crippen LogP contribution >= 0.6 is 0 Å². The van der Waals surface area contributed by atoms with Crippen molar-refractivity contribution in [1.82, 2.24) is 25.1 Å². The lowest BCUT2D eigenvalue weighted by atomic mass is 10.1. The lowest BCUT2D eigenvalue weighted by Crippen LogP contribution is -2.57. The number of rotatable bonds is 3. The van der Waals surface area contributed by atoms with Crippen LogP contribution in [0, 0.1) is 0 Å². The quantitative estimate of drug-likeness (QED) is 0.840. The van der Waals surface area contributed by atoms with E-state index in [1.165, 1.54) is 0 Å². The van der Waals surface area contributed by atoms with E-state index >= 15 is 0 Å². The maximum Gasteiger partial charge on any atom is 0.251 e. The van der Waals surface area contributed by atoms with Gasteiger partial charge < -0.3 is 10.3 Å². The van der Waals surface area contributed by atoms with Crippen LogP contribution in [-0.4, -0.2) is 58.0 Å². The number of piperazine rings is 3. The van der Waals surface area contributed by atoms with Crippen molar-refractivity contribution >= 4 is 0 Å². The molecule has 4 rings (SSSR count). The Kier molecular flexibility index (Phi) is 3.86. The van der Waals surface area contributed by atoms with Gasteiger partial charge >= 0.3 is 0 Å². The minimum Gasteiger partial charge on any atom is -0.309 e. The van der Waals surface area contributed by atoms with Crippen LogP contribution in [-0.2, 0) is 6.54 Å². The van der Waals surface area contributed by atoms with Gasteiger partial charge in [0.1, 0.15) is 5.82 Å². The molecular weight excluding hydrogens is 266 g/mol. The van der Waals surface area contributed by atoms with Gasteiger partial charge in [0.15, 0.2) is 0 Å². The Hall–Kier alpha value is -1.24. The first-order valence-corrected chi connectivity index (χ1v) is 7.72. The number of nitrogens with one attached hydrogen (secondary N) is 2. The molecule has 0 saturated carbocycles. The zero-order chi connectivity index (χ0) is 15.0. The van der Waals surface area contributed by atoms with Gasteiger partial charge in [0.05, 0.1) is 11.7 Å². The fourth-order valence-electron chi connectivity index (χ4n) is 3.01. The smallest absolute Gasteiger partial charge is 0.251 e. The molecule has 6 nitrogen and oxygen atoms in total. The van der Waals surface area contributed by atoms with Gasteiger partial charge in [-0.1, -0.05) is 0 Å². The van der Waals surface area contributed by atoms with E-state index < -0.39 is 0 Å². The summed E-state index contributed by atoms with van der Waals surface area (Å²) in [6.07, 6.45) is 0. The molecule has 2 bridgehead atoms. The van der Waals surface area contributed by atoms with E-state index in [2.05, 4.69) is 40.9 Å². The summed E-state index contributed by atoms with van der Waals surface area (Å²) in [6, 6.07) is 1.83. The van der Waals surface area contributed by atoms with Crippen molar-refractivity contribution in [3.63, 3.8) is 0 Å². The SMILES string of the molecule is CC(C)(C)NCc1cc(=O)[nH]c(C2CN3CCN2CC3)n1. The average molecular weight is 291 g/mol. The van der Waals surface area contributed by atoms with Crippen LogP contribution < -0.4 is 10.9 Å². The Morgan fingerprint density at radius 1 is 1.33 bits per heavy atom. The lowest BCUT2D eigenvalue weighted by molar-refractivity contribution is 0.00844. The number of aromatic nitrogens is 2. The summed E-state index contributed by atoms with van der Waals surface area (Å²) in [5, 5.41) is 3.39. The molecule has 116 valence electrons. The summed E-state index contributed by atoms with van der Waals surface area (Å²) in [5.74, 6) is 0.817. The van der Waals surface area contributed by atoms with Crippen molar-refractivity contribution in [2.24, 2.45) is 0 Å². The molecule has 0 aliphatic carbocycles. The fraction of sp³-hybridized carbons (Fsp3) is 0.733. The average Bonchev–Trinajstić information content (AvgIpc) is 2.45. The van der Waals surface area contributed by atoms with E-state index in [9.17, 15) is 4.79 Å². The predicted molar refractivity (Wildman–Crippen MR) is 82.2 cm³/mol. The summed E-state index contributed by atoms with van der Waals surface area (Å²) in [4.78, 5) is 24.4. The highest BCUT2D eigenvalue weighted by atomic mass is 16.1. The molecule has 1 aromatic rings. The molecular formula is C15H25N5O. The van der Waals surface area contributed by atoms with Crippen molar-refractivity contribution in [3.05, 3.63) is 27.9 Å². The van der Waals surface area contributed by atoms with Crippen LogP contribution in [0.3, 0.4) is 0 Å². The molecule has 1 aromatic heterocycles. The lowest BCUT2D eigenvalue weighted by Gasteiger charge is -2.46.